The summed E-state index contributed by atoms with van der Waals surface area (Å²) in [4.78, 5) is 27.6. The van der Waals surface area contributed by atoms with Crippen LogP contribution >= 0.6 is 0 Å². The zero-order chi connectivity index (χ0) is 31.8. The molecule has 0 amide bonds. The second-order valence-corrected chi connectivity index (χ2v) is 10.4. The molecule has 2 fully saturated rings. The Morgan fingerprint density at radius 2 is 1.44 bits per heavy atom. The van der Waals surface area contributed by atoms with E-state index in [1.54, 1.807) is 0 Å². The molecular formula is C28H49N3O12. The fraction of sp³-hybridized carbons (Fsp3) is 0.929. The summed E-state index contributed by atoms with van der Waals surface area (Å²) < 4.78 is 52.3. The quantitative estimate of drug-likeness (QED) is 0.0734. The summed E-state index contributed by atoms with van der Waals surface area (Å²) >= 11 is 0. The van der Waals surface area contributed by atoms with E-state index in [0.717, 1.165) is 25.7 Å². The topological polar surface area (TPSA) is 186 Å². The summed E-state index contributed by atoms with van der Waals surface area (Å²) in [7, 11) is 2.60. The van der Waals surface area contributed by atoms with Crippen LogP contribution < -0.4 is 0 Å². The van der Waals surface area contributed by atoms with Gasteiger partial charge in [-0.2, -0.15) is 0 Å². The molecular weight excluding hydrogens is 570 g/mol. The number of azide groups is 1. The average molecular weight is 620 g/mol. The number of methoxy groups -OCH3 is 2. The number of carbonyl (C=O) groups excluding carboxylic acids is 2. The van der Waals surface area contributed by atoms with Crippen LogP contribution in [0.25, 0.3) is 10.4 Å². The second kappa shape index (κ2) is 20.1. The maximum absolute atomic E-state index is 12.9. The lowest BCUT2D eigenvalue weighted by Crippen LogP contribution is -2.66. The van der Waals surface area contributed by atoms with Gasteiger partial charge in [-0.15, -0.1) is 0 Å². The Morgan fingerprint density at radius 3 is 1.95 bits per heavy atom. The standard InChI is InChI=1S/C28H49N3O12/c1-7-10-13-37-22-19(30-31-29)27(36-6)41-18(16-40-17(4)32)21(22)42-28-20(33)23(38-14-11-8-2)24(39-15-12-9-3)25(43-28)26(34)35-5/h18-25,27-28,33H,7-16H2,1-6H3/t18?,19-,20-,21+,22?,23?,24-,25?,27-,28+/m0/s1. The summed E-state index contributed by atoms with van der Waals surface area (Å²) in [5.41, 5.74) is 9.33. The van der Waals surface area contributed by atoms with E-state index >= 15 is 0 Å². The van der Waals surface area contributed by atoms with Gasteiger partial charge in [-0.1, -0.05) is 45.1 Å². The van der Waals surface area contributed by atoms with Gasteiger partial charge in [0.05, 0.1) is 13.2 Å². The van der Waals surface area contributed by atoms with Crippen molar-refractivity contribution in [2.75, 3.05) is 40.6 Å². The highest BCUT2D eigenvalue weighted by Gasteiger charge is 2.54. The molecule has 1 N–H and O–H groups in total. The van der Waals surface area contributed by atoms with Crippen LogP contribution in [0.1, 0.15) is 66.2 Å². The predicted octanol–water partition coefficient (Wildman–Crippen LogP) is 2.80. The van der Waals surface area contributed by atoms with Crippen LogP contribution in [0.4, 0.5) is 0 Å². The third-order valence-electron chi connectivity index (χ3n) is 7.15. The normalized spacial score (nSPS) is 32.5. The fourth-order valence-corrected chi connectivity index (χ4v) is 4.82. The number of unbranched alkanes of at least 4 members (excludes halogenated alkanes) is 3. The van der Waals surface area contributed by atoms with E-state index in [4.69, 9.17) is 42.6 Å². The molecule has 15 heteroatoms. The lowest BCUT2D eigenvalue weighted by Gasteiger charge is -2.48. The summed E-state index contributed by atoms with van der Waals surface area (Å²) in [6.45, 7) is 7.86. The molecule has 2 aliphatic heterocycles. The van der Waals surface area contributed by atoms with Crippen LogP contribution in [0, 0.1) is 0 Å². The van der Waals surface area contributed by atoms with Gasteiger partial charge in [0.15, 0.2) is 18.7 Å². The minimum absolute atomic E-state index is 0.265. The molecule has 15 nitrogen and oxygen atoms in total. The number of ether oxygens (including phenoxy) is 9. The second-order valence-electron chi connectivity index (χ2n) is 10.4. The van der Waals surface area contributed by atoms with Crippen molar-refractivity contribution in [3.05, 3.63) is 10.4 Å². The number of aliphatic hydroxyl groups is 1. The molecule has 0 bridgehead atoms. The van der Waals surface area contributed by atoms with Crippen LogP contribution in [0.15, 0.2) is 5.11 Å². The number of esters is 2. The summed E-state index contributed by atoms with van der Waals surface area (Å²) in [5.74, 6) is -1.29. The molecule has 0 aromatic carbocycles. The van der Waals surface area contributed by atoms with E-state index in [-0.39, 0.29) is 13.2 Å². The molecule has 0 aromatic heterocycles. The fourth-order valence-electron chi connectivity index (χ4n) is 4.82. The molecule has 0 saturated carbocycles. The summed E-state index contributed by atoms with van der Waals surface area (Å²) in [6, 6.07) is -1.01. The maximum Gasteiger partial charge on any atom is 0.337 e. The number of nitrogens with zero attached hydrogens (tertiary/aromatic N) is 3. The van der Waals surface area contributed by atoms with Crippen LogP contribution in [0.2, 0.25) is 0 Å². The third-order valence-corrected chi connectivity index (χ3v) is 7.15. The number of carbonyl (C=O) groups is 2. The maximum atomic E-state index is 12.9. The lowest BCUT2D eigenvalue weighted by atomic mass is 9.95. The van der Waals surface area contributed by atoms with Crippen molar-refractivity contribution in [2.24, 2.45) is 5.11 Å². The molecule has 2 saturated heterocycles. The van der Waals surface area contributed by atoms with Crippen molar-refractivity contribution in [3.8, 4) is 0 Å². The first kappa shape index (κ1) is 37.1. The van der Waals surface area contributed by atoms with Gasteiger partial charge in [0.2, 0.25) is 0 Å². The minimum Gasteiger partial charge on any atom is -0.467 e. The van der Waals surface area contributed by atoms with E-state index in [1.807, 2.05) is 20.8 Å². The molecule has 10 atom stereocenters. The molecule has 4 unspecified atom stereocenters. The van der Waals surface area contributed by atoms with E-state index in [1.165, 1.54) is 21.1 Å². The highest BCUT2D eigenvalue weighted by Crippen LogP contribution is 2.34. The Labute approximate surface area is 253 Å². The predicted molar refractivity (Wildman–Crippen MR) is 151 cm³/mol. The van der Waals surface area contributed by atoms with Crippen LogP contribution in [0.5, 0.6) is 0 Å². The van der Waals surface area contributed by atoms with Gasteiger partial charge in [-0.05, 0) is 24.8 Å². The number of hydrogen-bond acceptors (Lipinski definition) is 13. The Bertz CT molecular complexity index is 876. The molecule has 2 heterocycles. The first-order valence-electron chi connectivity index (χ1n) is 15.0. The van der Waals surface area contributed by atoms with E-state index < -0.39 is 73.3 Å². The first-order valence-corrected chi connectivity index (χ1v) is 15.0. The van der Waals surface area contributed by atoms with Crippen molar-refractivity contribution in [1.29, 1.82) is 0 Å². The van der Waals surface area contributed by atoms with Crippen molar-refractivity contribution in [2.45, 2.75) is 128 Å². The molecule has 2 rings (SSSR count). The SMILES string of the molecule is CCCCOC1[C@H](OCCCC)C(C(=O)OC)O[C@@H](O[C@@H]2C(COC(C)=O)O[C@H](OC)[C@@H](N=[N+]=[N-])C2OCCCC)[C@H]1O. The van der Waals surface area contributed by atoms with Gasteiger partial charge < -0.3 is 47.7 Å². The van der Waals surface area contributed by atoms with Crippen LogP contribution in [-0.2, 0) is 52.2 Å². The molecule has 0 aromatic rings. The largest absolute Gasteiger partial charge is 0.467 e. The zero-order valence-electron chi connectivity index (χ0n) is 26.1. The van der Waals surface area contributed by atoms with Gasteiger partial charge in [-0.3, -0.25) is 4.79 Å². The Balaban J connectivity index is 2.50. The van der Waals surface area contributed by atoms with Gasteiger partial charge in [0.25, 0.3) is 0 Å². The third kappa shape index (κ3) is 10.8. The number of rotatable bonds is 19. The minimum atomic E-state index is -1.46. The zero-order valence-corrected chi connectivity index (χ0v) is 26.1. The van der Waals surface area contributed by atoms with Gasteiger partial charge in [-0.25, -0.2) is 4.79 Å². The van der Waals surface area contributed by atoms with Crippen molar-refractivity contribution >= 4 is 11.9 Å². The van der Waals surface area contributed by atoms with Crippen LogP contribution in [0.3, 0.4) is 0 Å². The van der Waals surface area contributed by atoms with Crippen LogP contribution in [-0.4, -0.2) is 119 Å². The Morgan fingerprint density at radius 1 is 0.860 bits per heavy atom. The van der Waals surface area contributed by atoms with Crippen molar-refractivity contribution < 1.29 is 57.3 Å². The molecule has 0 radical (unpaired) electrons. The van der Waals surface area contributed by atoms with E-state index in [0.29, 0.717) is 26.1 Å². The molecule has 43 heavy (non-hydrogen) atoms. The van der Waals surface area contributed by atoms with E-state index in [2.05, 4.69) is 10.0 Å². The first-order chi connectivity index (χ1) is 20.8. The lowest BCUT2D eigenvalue weighted by molar-refractivity contribution is -0.349. The number of hydrogen-bond donors (Lipinski definition) is 1. The molecule has 0 aliphatic carbocycles. The highest BCUT2D eigenvalue weighted by atomic mass is 16.7. The average Bonchev–Trinajstić information content (AvgIpc) is 2.99. The van der Waals surface area contributed by atoms with Gasteiger partial charge >= 0.3 is 11.9 Å². The van der Waals surface area contributed by atoms with Crippen molar-refractivity contribution in [3.63, 3.8) is 0 Å². The molecule has 2 aliphatic rings. The Kier molecular flexibility index (Phi) is 17.3. The highest BCUT2D eigenvalue weighted by molar-refractivity contribution is 5.75. The Hall–Kier alpha value is -2.07. The van der Waals surface area contributed by atoms with E-state index in [9.17, 15) is 20.2 Å². The monoisotopic (exact) mass is 619 g/mol. The number of aliphatic hydroxyl groups excluding tert-OH is 1. The summed E-state index contributed by atoms with van der Waals surface area (Å²) in [6.07, 6.45) is -5.64. The van der Waals surface area contributed by atoms with Crippen molar-refractivity contribution in [1.82, 2.24) is 0 Å². The summed E-state index contributed by atoms with van der Waals surface area (Å²) in [5, 5.41) is 15.4. The molecule has 248 valence electrons. The van der Waals surface area contributed by atoms with Gasteiger partial charge in [0.1, 0.15) is 43.2 Å². The smallest absolute Gasteiger partial charge is 0.337 e. The molecule has 0 spiro atoms. The van der Waals surface area contributed by atoms with Gasteiger partial charge in [0, 0.05) is 38.8 Å².